The van der Waals surface area contributed by atoms with E-state index in [4.69, 9.17) is 0 Å². The van der Waals surface area contributed by atoms with Gasteiger partial charge >= 0.3 is 0 Å². The molecule has 0 radical (unpaired) electrons. The van der Waals surface area contributed by atoms with Crippen LogP contribution in [-0.4, -0.2) is 43.5 Å². The Labute approximate surface area is 387 Å². The molecule has 0 saturated heterocycles. The summed E-state index contributed by atoms with van der Waals surface area (Å²) >= 11 is 0. The predicted molar refractivity (Wildman–Crippen MR) is 278 cm³/mol. The van der Waals surface area contributed by atoms with Gasteiger partial charge in [0.15, 0.2) is 0 Å². The molecule has 0 aromatic heterocycles. The molecule has 1 saturated carbocycles. The van der Waals surface area contributed by atoms with Crippen LogP contribution in [0.4, 0.5) is 11.4 Å². The molecule has 4 nitrogen and oxygen atoms in total. The number of aliphatic hydroxyl groups is 1. The number of hydrogen-bond acceptors (Lipinski definition) is 4. The largest absolute Gasteiger partial charge is 0.851 e. The molecule has 1 aliphatic carbocycles. The molecule has 6 aromatic carbocycles. The maximum absolute atomic E-state index is 15.4. The lowest BCUT2D eigenvalue weighted by Crippen LogP contribution is -2.58. The van der Waals surface area contributed by atoms with Crippen molar-refractivity contribution in [2.24, 2.45) is 0 Å². The van der Waals surface area contributed by atoms with Gasteiger partial charge in [-0.25, -0.2) is 0 Å². The zero-order valence-corrected chi connectivity index (χ0v) is 40.3. The fourth-order valence-corrected chi connectivity index (χ4v) is 11.3. The maximum Gasteiger partial charge on any atom is 0.0657 e. The Morgan fingerprint density at radius 1 is 0.359 bits per heavy atom. The molecule has 1 fully saturated rings. The fourth-order valence-electron chi connectivity index (χ4n) is 11.3. The van der Waals surface area contributed by atoms with Crippen molar-refractivity contribution in [3.63, 3.8) is 0 Å². The number of hydrogen-bond donors (Lipinski definition) is 1. The van der Waals surface area contributed by atoms with Crippen molar-refractivity contribution in [2.75, 3.05) is 36.0 Å². The molecule has 1 N–H and O–H groups in total. The van der Waals surface area contributed by atoms with E-state index >= 15 is 5.11 Å². The number of rotatable bonds is 28. The lowest BCUT2D eigenvalue weighted by atomic mass is 9.60. The van der Waals surface area contributed by atoms with Gasteiger partial charge < -0.3 is 20.0 Å². The van der Waals surface area contributed by atoms with E-state index in [1.54, 1.807) is 0 Å². The van der Waals surface area contributed by atoms with Gasteiger partial charge in [-0.05, 0) is 70.2 Å². The monoisotopic (exact) mass is 862 g/mol. The topological polar surface area (TPSA) is 49.8 Å². The summed E-state index contributed by atoms with van der Waals surface area (Å²) in [6.07, 6.45) is 23.3. The van der Waals surface area contributed by atoms with E-state index in [1.165, 1.54) is 161 Å². The summed E-state index contributed by atoms with van der Waals surface area (Å²) in [7, 11) is 0. The molecule has 4 heteroatoms. The van der Waals surface area contributed by atoms with Crippen LogP contribution in [0, 0.1) is 0 Å². The Hall–Kier alpha value is -4.12. The van der Waals surface area contributed by atoms with E-state index in [-0.39, 0.29) is 0 Å². The number of anilines is 2. The number of fused-ring (bicyclic) bond motifs is 4. The summed E-state index contributed by atoms with van der Waals surface area (Å²) in [5, 5.41) is 37.5. The van der Waals surface area contributed by atoms with Gasteiger partial charge in [0.1, 0.15) is 0 Å². The van der Waals surface area contributed by atoms with Crippen molar-refractivity contribution in [3.05, 3.63) is 108 Å². The lowest BCUT2D eigenvalue weighted by Gasteiger charge is -2.56. The van der Waals surface area contributed by atoms with Crippen LogP contribution in [0.2, 0.25) is 0 Å². The smallest absolute Gasteiger partial charge is 0.0657 e. The highest BCUT2D eigenvalue weighted by Gasteiger charge is 2.47. The highest BCUT2D eigenvalue weighted by molar-refractivity contribution is 6.16. The Morgan fingerprint density at radius 2 is 0.594 bits per heavy atom. The summed E-state index contributed by atoms with van der Waals surface area (Å²) in [6.45, 7) is 13.3. The van der Waals surface area contributed by atoms with Crippen LogP contribution in [0.5, 0.6) is 0 Å². The second kappa shape index (κ2) is 24.4. The third-order valence-corrected chi connectivity index (χ3v) is 14.8. The Bertz CT molecular complexity index is 2040. The highest BCUT2D eigenvalue weighted by Crippen LogP contribution is 2.55. The number of aliphatic hydroxyl groups excluding tert-OH is 1. The molecule has 64 heavy (non-hydrogen) atoms. The van der Waals surface area contributed by atoms with Crippen LogP contribution in [0.3, 0.4) is 0 Å². The summed E-state index contributed by atoms with van der Waals surface area (Å²) in [4.78, 5) is 5.36. The number of benzene rings is 6. The minimum Gasteiger partial charge on any atom is -0.851 e. The van der Waals surface area contributed by atoms with Crippen LogP contribution in [0.15, 0.2) is 97.1 Å². The molecule has 7 rings (SSSR count). The van der Waals surface area contributed by atoms with Crippen LogP contribution in [0.1, 0.15) is 179 Å². The van der Waals surface area contributed by atoms with E-state index in [1.807, 2.05) is 0 Å². The minimum atomic E-state index is -0.994. The standard InChI is InChI=1S/C60H81N2O2/c1-5-9-13-17-29-41-61(42-30-18-14-10-6-2)57-49-37-25-21-33-45(49)53(46-34-22-26-38-50(46)57)55-59(63)56(60(55)64)54-47-35-23-27-39-51(47)58(52-40-28-24-36-48(52)54)62(43-31-19-15-11-7-3)44-32-20-16-12-8-4/h21-28,33-40,55-56,59-60,63H,5-20,29-32,41-44H2,1-4H3/q-1. The molecule has 0 spiro atoms. The van der Waals surface area contributed by atoms with Crippen LogP contribution in [-0.2, 0) is 0 Å². The molecule has 6 aromatic rings. The normalized spacial score (nSPS) is 17.5. The lowest BCUT2D eigenvalue weighted by molar-refractivity contribution is -0.461. The third-order valence-electron chi connectivity index (χ3n) is 14.8. The second-order valence-corrected chi connectivity index (χ2v) is 19.3. The molecular formula is C60H81N2O2-. The number of nitrogens with zero attached hydrogens (tertiary/aromatic N) is 2. The van der Waals surface area contributed by atoms with Gasteiger partial charge in [0.25, 0.3) is 0 Å². The maximum atomic E-state index is 15.4. The Morgan fingerprint density at radius 3 is 0.828 bits per heavy atom. The Kier molecular flexibility index (Phi) is 18.2. The van der Waals surface area contributed by atoms with Crippen LogP contribution in [0.25, 0.3) is 43.1 Å². The van der Waals surface area contributed by atoms with Crippen LogP contribution >= 0.6 is 0 Å². The zero-order chi connectivity index (χ0) is 44.7. The quantitative estimate of drug-likeness (QED) is 0.0394. The summed E-state index contributed by atoms with van der Waals surface area (Å²) in [6, 6.07) is 35.2. The molecular weight excluding hydrogens is 781 g/mol. The van der Waals surface area contributed by atoms with Gasteiger partial charge in [0, 0.05) is 47.7 Å². The molecule has 344 valence electrons. The first-order valence-electron chi connectivity index (χ1n) is 26.3. The van der Waals surface area contributed by atoms with E-state index in [0.717, 1.165) is 58.9 Å². The highest BCUT2D eigenvalue weighted by atomic mass is 16.3. The van der Waals surface area contributed by atoms with E-state index in [9.17, 15) is 5.11 Å². The van der Waals surface area contributed by atoms with Gasteiger partial charge in [-0.2, -0.15) is 0 Å². The van der Waals surface area contributed by atoms with E-state index in [0.29, 0.717) is 0 Å². The van der Waals surface area contributed by atoms with Gasteiger partial charge in [-0.15, -0.1) is 6.10 Å². The average molecular weight is 862 g/mol. The zero-order valence-electron chi connectivity index (χ0n) is 40.3. The van der Waals surface area contributed by atoms with Crippen molar-refractivity contribution in [2.45, 2.75) is 180 Å². The van der Waals surface area contributed by atoms with Gasteiger partial charge in [-0.3, -0.25) is 0 Å². The Balaban J connectivity index is 1.28. The van der Waals surface area contributed by atoms with Gasteiger partial charge in [0.2, 0.25) is 0 Å². The first kappa shape index (κ1) is 47.8. The summed E-state index contributed by atoms with van der Waals surface area (Å²) in [5.41, 5.74) is 4.68. The first-order chi connectivity index (χ1) is 31.5. The van der Waals surface area contributed by atoms with E-state index in [2.05, 4.69) is 135 Å². The predicted octanol–water partition coefficient (Wildman–Crippen LogP) is 15.8. The molecule has 0 amide bonds. The minimum absolute atomic E-state index is 0.523. The fraction of sp³-hybridized carbons (Fsp3) is 0.533. The molecule has 1 aliphatic rings. The summed E-state index contributed by atoms with van der Waals surface area (Å²) < 4.78 is 0. The van der Waals surface area contributed by atoms with Crippen molar-refractivity contribution >= 4 is 54.5 Å². The third kappa shape index (κ3) is 10.8. The van der Waals surface area contributed by atoms with Crippen molar-refractivity contribution in [1.29, 1.82) is 0 Å². The van der Waals surface area contributed by atoms with Crippen molar-refractivity contribution in [1.82, 2.24) is 0 Å². The molecule has 0 heterocycles. The summed E-state index contributed by atoms with van der Waals surface area (Å²) in [5.74, 6) is -1.05. The van der Waals surface area contributed by atoms with Gasteiger partial charge in [-0.1, -0.05) is 227 Å². The molecule has 2 atom stereocenters. The van der Waals surface area contributed by atoms with Crippen LogP contribution < -0.4 is 14.9 Å². The molecule has 0 aliphatic heterocycles. The molecule has 2 unspecified atom stereocenters. The SMILES string of the molecule is CCCCCCCN(CCCCCCC)c1c2ccccc2c(C2C([O-])C(c3c4ccccc4c(N(CCCCCCC)CCCCCCC)c4ccccc34)C2O)c2ccccc12. The van der Waals surface area contributed by atoms with Crippen molar-refractivity contribution < 1.29 is 10.2 Å². The van der Waals surface area contributed by atoms with Crippen molar-refractivity contribution in [3.8, 4) is 0 Å². The first-order valence-corrected chi connectivity index (χ1v) is 26.3. The average Bonchev–Trinajstić information content (AvgIpc) is 3.32. The number of unbranched alkanes of at least 4 members (excludes halogenated alkanes) is 16. The van der Waals surface area contributed by atoms with Gasteiger partial charge in [0.05, 0.1) is 17.5 Å². The molecule has 0 bridgehead atoms. The van der Waals surface area contributed by atoms with E-state index < -0.39 is 24.0 Å². The second-order valence-electron chi connectivity index (χ2n) is 19.3.